The molecule has 0 aromatic carbocycles. The van der Waals surface area contributed by atoms with Crippen LogP contribution in [0.1, 0.15) is 84.5 Å². The zero-order chi connectivity index (χ0) is 22.4. The topological polar surface area (TPSA) is 83.8 Å². The number of carbonyl (C=O) groups is 2. The summed E-state index contributed by atoms with van der Waals surface area (Å²) in [6, 6.07) is 0. The highest BCUT2D eigenvalue weighted by atomic mass is 16.5. The second-order valence-electron chi connectivity index (χ2n) is 10.9. The molecule has 4 aliphatic carbocycles. The first-order valence-corrected chi connectivity index (χ1v) is 11.9. The minimum atomic E-state index is -0.972. The summed E-state index contributed by atoms with van der Waals surface area (Å²) >= 11 is 0. The van der Waals surface area contributed by atoms with E-state index >= 15 is 0 Å². The van der Waals surface area contributed by atoms with Gasteiger partial charge in [0, 0.05) is 24.7 Å². The number of ether oxygens (including phenoxy) is 1. The summed E-state index contributed by atoms with van der Waals surface area (Å²) < 4.78 is 5.70. The molecule has 0 aliphatic heterocycles. The molecule has 7 atom stereocenters. The molecule has 4 rings (SSSR count). The molecule has 31 heavy (non-hydrogen) atoms. The minimum Gasteiger partial charge on any atom is -0.481 e. The molecule has 0 heterocycles. The van der Waals surface area contributed by atoms with Crippen LogP contribution in [0.2, 0.25) is 0 Å². The van der Waals surface area contributed by atoms with Gasteiger partial charge in [-0.1, -0.05) is 31.4 Å². The summed E-state index contributed by atoms with van der Waals surface area (Å²) in [5.74, 6) is 3.20. The number of aliphatic hydroxyl groups is 1. The van der Waals surface area contributed by atoms with Crippen LogP contribution in [0.5, 0.6) is 0 Å². The van der Waals surface area contributed by atoms with Gasteiger partial charge in [0.1, 0.15) is 11.7 Å². The molecule has 0 bridgehead atoms. The largest absolute Gasteiger partial charge is 0.481 e. The molecule has 0 saturated heterocycles. The highest BCUT2D eigenvalue weighted by molar-refractivity contribution is 5.71. The predicted octanol–water partition coefficient (Wildman–Crippen LogP) is 4.48. The average Bonchev–Trinajstić information content (AvgIpc) is 2.99. The molecule has 0 spiro atoms. The van der Waals surface area contributed by atoms with Crippen LogP contribution in [0.3, 0.4) is 0 Å². The lowest BCUT2D eigenvalue weighted by Gasteiger charge is -2.58. The number of aliphatic carboxylic acids is 1. The lowest BCUT2D eigenvalue weighted by molar-refractivity contribution is -0.152. The number of esters is 1. The van der Waals surface area contributed by atoms with Crippen molar-refractivity contribution in [2.45, 2.75) is 96.2 Å². The van der Waals surface area contributed by atoms with E-state index in [2.05, 4.69) is 25.8 Å². The molecule has 7 unspecified atom stereocenters. The second-order valence-corrected chi connectivity index (χ2v) is 10.9. The highest BCUT2D eigenvalue weighted by Crippen LogP contribution is 2.67. The molecule has 5 heteroatoms. The maximum Gasteiger partial charge on any atom is 0.306 e. The molecule has 0 aromatic heterocycles. The van der Waals surface area contributed by atoms with Gasteiger partial charge < -0.3 is 14.9 Å². The van der Waals surface area contributed by atoms with Crippen molar-refractivity contribution in [3.63, 3.8) is 0 Å². The first-order valence-electron chi connectivity index (χ1n) is 11.9. The standard InChI is InChI=1S/C26H36O5/c1-4-26(30)15-12-21-19-9-8-17-16-18(31-23(29)7-5-6-22(27)28)10-13-24(17,2)20(19)11-14-25(21,26)3/h1,8,18-21,30H,5-7,9-16H2,2-3H3,(H,27,28). The Bertz CT molecular complexity index is 824. The fourth-order valence-electron chi connectivity index (χ4n) is 7.61. The number of allylic oxidation sites excluding steroid dienone is 1. The van der Waals surface area contributed by atoms with Crippen LogP contribution in [0.25, 0.3) is 0 Å². The molecule has 3 saturated carbocycles. The fraction of sp³-hybridized carbons (Fsp3) is 0.769. The zero-order valence-corrected chi connectivity index (χ0v) is 18.9. The second kappa shape index (κ2) is 7.96. The lowest BCUT2D eigenvalue weighted by atomic mass is 9.47. The summed E-state index contributed by atoms with van der Waals surface area (Å²) in [7, 11) is 0. The van der Waals surface area contributed by atoms with Crippen LogP contribution in [0, 0.1) is 40.9 Å². The van der Waals surface area contributed by atoms with Crippen LogP contribution in [-0.2, 0) is 14.3 Å². The van der Waals surface area contributed by atoms with Gasteiger partial charge in [0.2, 0.25) is 0 Å². The van der Waals surface area contributed by atoms with Crippen LogP contribution in [-0.4, -0.2) is 33.9 Å². The third-order valence-electron chi connectivity index (χ3n) is 9.52. The number of terminal acetylenes is 1. The van der Waals surface area contributed by atoms with E-state index in [-0.39, 0.29) is 35.7 Å². The lowest BCUT2D eigenvalue weighted by Crippen LogP contribution is -2.54. The molecule has 4 aliphatic rings. The van der Waals surface area contributed by atoms with Gasteiger partial charge in [-0.2, -0.15) is 0 Å². The molecule has 2 N–H and O–H groups in total. The van der Waals surface area contributed by atoms with Crippen molar-refractivity contribution < 1.29 is 24.5 Å². The molecule has 5 nitrogen and oxygen atoms in total. The monoisotopic (exact) mass is 428 g/mol. The Balaban J connectivity index is 1.44. The fourth-order valence-corrected chi connectivity index (χ4v) is 7.61. The molecular weight excluding hydrogens is 392 g/mol. The molecule has 3 fully saturated rings. The van der Waals surface area contributed by atoms with Crippen LogP contribution >= 0.6 is 0 Å². The number of hydrogen-bond acceptors (Lipinski definition) is 4. The Morgan fingerprint density at radius 2 is 1.90 bits per heavy atom. The summed E-state index contributed by atoms with van der Waals surface area (Å²) in [4.78, 5) is 22.8. The SMILES string of the molecule is C#CC1(O)CCC2C3CC=C4CC(OC(=O)CCCC(=O)O)CCC4(C)C3CCC21C. The van der Waals surface area contributed by atoms with Gasteiger partial charge >= 0.3 is 11.9 Å². The summed E-state index contributed by atoms with van der Waals surface area (Å²) in [6.45, 7) is 4.61. The third kappa shape index (κ3) is 3.61. The first kappa shape index (κ1) is 22.4. The van der Waals surface area contributed by atoms with E-state index in [1.54, 1.807) is 0 Å². The van der Waals surface area contributed by atoms with Crippen molar-refractivity contribution in [3.8, 4) is 12.3 Å². The molecular formula is C26H36O5. The molecule has 0 aromatic rings. The van der Waals surface area contributed by atoms with Gasteiger partial charge in [0.05, 0.1) is 0 Å². The number of hydrogen-bond donors (Lipinski definition) is 2. The van der Waals surface area contributed by atoms with Crippen molar-refractivity contribution in [2.24, 2.45) is 28.6 Å². The van der Waals surface area contributed by atoms with Gasteiger partial charge in [-0.15, -0.1) is 6.42 Å². The molecule has 170 valence electrons. The normalized spacial score (nSPS) is 43.6. The maximum atomic E-state index is 12.1. The Labute approximate surface area is 185 Å². The third-order valence-corrected chi connectivity index (χ3v) is 9.52. The summed E-state index contributed by atoms with van der Waals surface area (Å²) in [5.41, 5.74) is 0.401. The average molecular weight is 429 g/mol. The van der Waals surface area contributed by atoms with E-state index in [0.717, 1.165) is 44.9 Å². The Morgan fingerprint density at radius 1 is 1.16 bits per heavy atom. The number of rotatable bonds is 5. The van der Waals surface area contributed by atoms with Gasteiger partial charge in [-0.3, -0.25) is 9.59 Å². The Kier molecular flexibility index (Phi) is 5.75. The number of carboxylic acids is 1. The van der Waals surface area contributed by atoms with E-state index in [1.165, 1.54) is 5.57 Å². The van der Waals surface area contributed by atoms with Crippen molar-refractivity contribution >= 4 is 11.9 Å². The van der Waals surface area contributed by atoms with Crippen LogP contribution in [0.4, 0.5) is 0 Å². The van der Waals surface area contributed by atoms with E-state index < -0.39 is 11.6 Å². The van der Waals surface area contributed by atoms with Crippen molar-refractivity contribution in [1.29, 1.82) is 0 Å². The van der Waals surface area contributed by atoms with Gasteiger partial charge in [-0.25, -0.2) is 0 Å². The van der Waals surface area contributed by atoms with Crippen molar-refractivity contribution in [1.82, 2.24) is 0 Å². The molecule has 0 amide bonds. The summed E-state index contributed by atoms with van der Waals surface area (Å²) in [6.07, 6.45) is 16.0. The van der Waals surface area contributed by atoms with Gasteiger partial charge in [0.25, 0.3) is 0 Å². The quantitative estimate of drug-likeness (QED) is 0.383. The van der Waals surface area contributed by atoms with Crippen LogP contribution < -0.4 is 0 Å². The first-order chi connectivity index (χ1) is 14.6. The summed E-state index contributed by atoms with van der Waals surface area (Å²) in [5, 5.41) is 19.9. The van der Waals surface area contributed by atoms with E-state index in [1.807, 2.05) is 0 Å². The van der Waals surface area contributed by atoms with Gasteiger partial charge in [0.15, 0.2) is 0 Å². The number of fused-ring (bicyclic) bond motifs is 5. The Hall–Kier alpha value is -1.80. The van der Waals surface area contributed by atoms with Crippen molar-refractivity contribution in [3.05, 3.63) is 11.6 Å². The van der Waals surface area contributed by atoms with Crippen LogP contribution in [0.15, 0.2) is 11.6 Å². The maximum absolute atomic E-state index is 12.1. The van der Waals surface area contributed by atoms with Crippen molar-refractivity contribution in [2.75, 3.05) is 0 Å². The minimum absolute atomic E-state index is 0.000940. The predicted molar refractivity (Wildman–Crippen MR) is 117 cm³/mol. The zero-order valence-electron chi connectivity index (χ0n) is 18.9. The highest BCUT2D eigenvalue weighted by Gasteiger charge is 2.63. The van der Waals surface area contributed by atoms with E-state index in [0.29, 0.717) is 30.6 Å². The van der Waals surface area contributed by atoms with Gasteiger partial charge in [-0.05, 0) is 74.5 Å². The Morgan fingerprint density at radius 3 is 2.61 bits per heavy atom. The van der Waals surface area contributed by atoms with E-state index in [4.69, 9.17) is 16.3 Å². The smallest absolute Gasteiger partial charge is 0.306 e. The number of carbonyl (C=O) groups excluding carboxylic acids is 1. The molecule has 0 radical (unpaired) electrons. The van der Waals surface area contributed by atoms with E-state index in [9.17, 15) is 14.7 Å². The number of carboxylic acid groups (broad SMARTS) is 1.